The minimum absolute atomic E-state index is 0.385. The summed E-state index contributed by atoms with van der Waals surface area (Å²) in [5.41, 5.74) is 5.75. The summed E-state index contributed by atoms with van der Waals surface area (Å²) in [5, 5.41) is 4.85. The highest BCUT2D eigenvalue weighted by Crippen LogP contribution is 2.38. The van der Waals surface area contributed by atoms with Crippen molar-refractivity contribution in [2.45, 2.75) is 0 Å². The Kier molecular flexibility index (Phi) is 7.73. The number of amides is 1. The van der Waals surface area contributed by atoms with Crippen molar-refractivity contribution in [3.63, 3.8) is 0 Å². The molecule has 0 aliphatic rings. The van der Waals surface area contributed by atoms with Gasteiger partial charge < -0.3 is 23.7 Å². The smallest absolute Gasteiger partial charge is 0.272 e. The van der Waals surface area contributed by atoms with Crippen LogP contribution in [0.5, 0.6) is 28.7 Å². The fourth-order valence-corrected chi connectivity index (χ4v) is 3.91. The lowest BCUT2D eigenvalue weighted by atomic mass is 10.0. The van der Waals surface area contributed by atoms with E-state index in [4.69, 9.17) is 28.7 Å². The fraction of sp³-hybridized carbons (Fsp3) is 0.179. The van der Waals surface area contributed by atoms with Gasteiger partial charge in [0.2, 0.25) is 5.75 Å². The molecule has 0 spiro atoms. The number of carbonyl (C=O) groups is 1. The summed E-state index contributed by atoms with van der Waals surface area (Å²) in [7, 11) is 7.74. The lowest BCUT2D eigenvalue weighted by Crippen LogP contribution is -2.18. The molecule has 9 heteroatoms. The topological polar surface area (TPSA) is 101 Å². The number of hydrazone groups is 1. The Bertz CT molecular complexity index is 1440. The van der Waals surface area contributed by atoms with Crippen LogP contribution in [0.4, 0.5) is 0 Å². The van der Waals surface area contributed by atoms with Gasteiger partial charge in [0.15, 0.2) is 23.0 Å². The monoisotopic (exact) mass is 501 g/mol. The Morgan fingerprint density at radius 3 is 2.11 bits per heavy atom. The van der Waals surface area contributed by atoms with Crippen molar-refractivity contribution < 1.29 is 28.5 Å². The molecule has 0 fully saturated rings. The van der Waals surface area contributed by atoms with Crippen molar-refractivity contribution in [1.29, 1.82) is 0 Å². The molecule has 0 saturated heterocycles. The molecule has 4 rings (SSSR count). The van der Waals surface area contributed by atoms with E-state index in [-0.39, 0.29) is 5.91 Å². The highest BCUT2D eigenvalue weighted by Gasteiger charge is 2.16. The predicted molar refractivity (Wildman–Crippen MR) is 141 cm³/mol. The van der Waals surface area contributed by atoms with E-state index in [0.717, 1.165) is 5.56 Å². The molecular formula is C28H27N3O6. The third-order valence-electron chi connectivity index (χ3n) is 5.71. The van der Waals surface area contributed by atoms with Gasteiger partial charge in [-0.3, -0.25) is 4.79 Å². The Morgan fingerprint density at radius 1 is 0.784 bits per heavy atom. The number of carbonyl (C=O) groups excluding carboxylic acids is 1. The highest BCUT2D eigenvalue weighted by atomic mass is 16.5. The van der Waals surface area contributed by atoms with Gasteiger partial charge in [-0.1, -0.05) is 18.2 Å². The lowest BCUT2D eigenvalue weighted by Gasteiger charge is -2.13. The van der Waals surface area contributed by atoms with Crippen molar-refractivity contribution in [1.82, 2.24) is 10.4 Å². The number of pyridine rings is 1. The number of rotatable bonds is 9. The van der Waals surface area contributed by atoms with Crippen LogP contribution < -0.4 is 29.1 Å². The van der Waals surface area contributed by atoms with E-state index >= 15 is 0 Å². The molecule has 0 saturated carbocycles. The lowest BCUT2D eigenvalue weighted by molar-refractivity contribution is 0.0956. The minimum Gasteiger partial charge on any atom is -0.493 e. The SMILES string of the molecule is COc1ccc(-c2cc(C(=O)N/N=C\c3cc(OC)c(OC)c(OC)c3)c3ccccc3n2)cc1OC. The van der Waals surface area contributed by atoms with Crippen molar-refractivity contribution in [3.05, 3.63) is 71.8 Å². The van der Waals surface area contributed by atoms with Crippen LogP contribution in [0.25, 0.3) is 22.2 Å². The van der Waals surface area contributed by atoms with Crippen LogP contribution >= 0.6 is 0 Å². The molecule has 0 aliphatic carbocycles. The molecule has 0 unspecified atom stereocenters. The first-order valence-electron chi connectivity index (χ1n) is 11.3. The van der Waals surface area contributed by atoms with Gasteiger partial charge in [0, 0.05) is 16.5 Å². The summed E-state index contributed by atoms with van der Waals surface area (Å²) >= 11 is 0. The van der Waals surface area contributed by atoms with Gasteiger partial charge in [-0.25, -0.2) is 10.4 Å². The number of hydrogen-bond donors (Lipinski definition) is 1. The molecule has 1 N–H and O–H groups in total. The number of benzene rings is 3. The van der Waals surface area contributed by atoms with Gasteiger partial charge in [-0.15, -0.1) is 0 Å². The van der Waals surface area contributed by atoms with Crippen LogP contribution in [0.3, 0.4) is 0 Å². The number of methoxy groups -OCH3 is 5. The minimum atomic E-state index is -0.385. The van der Waals surface area contributed by atoms with E-state index in [1.165, 1.54) is 27.5 Å². The molecule has 37 heavy (non-hydrogen) atoms. The van der Waals surface area contributed by atoms with Crippen LogP contribution in [-0.4, -0.2) is 52.7 Å². The average molecular weight is 502 g/mol. The molecule has 4 aromatic rings. The van der Waals surface area contributed by atoms with Gasteiger partial charge in [0.25, 0.3) is 5.91 Å². The summed E-state index contributed by atoms with van der Waals surface area (Å²) in [5.74, 6) is 2.21. The Morgan fingerprint density at radius 2 is 1.46 bits per heavy atom. The summed E-state index contributed by atoms with van der Waals surface area (Å²) in [6.07, 6.45) is 1.50. The van der Waals surface area contributed by atoms with Crippen LogP contribution in [0.2, 0.25) is 0 Å². The van der Waals surface area contributed by atoms with Gasteiger partial charge in [-0.05, 0) is 42.5 Å². The van der Waals surface area contributed by atoms with Crippen molar-refractivity contribution in [3.8, 4) is 40.0 Å². The molecule has 9 nitrogen and oxygen atoms in total. The number of aromatic nitrogens is 1. The second kappa shape index (κ2) is 11.3. The normalized spacial score (nSPS) is 10.8. The molecule has 0 bridgehead atoms. The first-order valence-corrected chi connectivity index (χ1v) is 11.3. The molecule has 0 aliphatic heterocycles. The zero-order valence-electron chi connectivity index (χ0n) is 21.2. The van der Waals surface area contributed by atoms with Crippen molar-refractivity contribution in [2.24, 2.45) is 5.10 Å². The maximum absolute atomic E-state index is 13.2. The number of hydrogen-bond acceptors (Lipinski definition) is 8. The van der Waals surface area contributed by atoms with Crippen LogP contribution in [-0.2, 0) is 0 Å². The van der Waals surface area contributed by atoms with E-state index in [0.29, 0.717) is 56.5 Å². The highest BCUT2D eigenvalue weighted by molar-refractivity contribution is 6.07. The van der Waals surface area contributed by atoms with Crippen LogP contribution in [0.1, 0.15) is 15.9 Å². The zero-order chi connectivity index (χ0) is 26.4. The van der Waals surface area contributed by atoms with Gasteiger partial charge in [0.05, 0.1) is 58.5 Å². The van der Waals surface area contributed by atoms with E-state index in [1.807, 2.05) is 36.4 Å². The van der Waals surface area contributed by atoms with Crippen molar-refractivity contribution in [2.75, 3.05) is 35.5 Å². The summed E-state index contributed by atoms with van der Waals surface area (Å²) < 4.78 is 26.9. The molecular weight excluding hydrogens is 474 g/mol. The molecule has 190 valence electrons. The second-order valence-electron chi connectivity index (χ2n) is 7.80. The second-order valence-corrected chi connectivity index (χ2v) is 7.80. The maximum Gasteiger partial charge on any atom is 0.272 e. The molecule has 1 amide bonds. The van der Waals surface area contributed by atoms with E-state index in [9.17, 15) is 4.79 Å². The maximum atomic E-state index is 13.2. The number of nitrogens with one attached hydrogen (secondary N) is 1. The molecule has 0 atom stereocenters. The third kappa shape index (κ3) is 5.25. The van der Waals surface area contributed by atoms with Crippen LogP contribution in [0.15, 0.2) is 65.8 Å². The number of nitrogens with zero attached hydrogens (tertiary/aromatic N) is 2. The van der Waals surface area contributed by atoms with E-state index in [2.05, 4.69) is 10.5 Å². The van der Waals surface area contributed by atoms with E-state index < -0.39 is 0 Å². The largest absolute Gasteiger partial charge is 0.493 e. The number of fused-ring (bicyclic) bond motifs is 1. The Balaban J connectivity index is 1.67. The number of para-hydroxylation sites is 1. The Hall–Kier alpha value is -4.79. The Labute approximate surface area is 214 Å². The molecule has 1 heterocycles. The average Bonchev–Trinajstić information content (AvgIpc) is 2.95. The summed E-state index contributed by atoms with van der Waals surface area (Å²) in [4.78, 5) is 18.0. The molecule has 3 aromatic carbocycles. The standard InChI is InChI=1S/C28H27N3O6/c1-33-23-11-10-18(14-24(23)34-2)22-15-20(19-8-6-7-9-21(19)30-22)28(32)31-29-16-17-12-25(35-3)27(37-5)26(13-17)36-4/h6-16H,1-5H3,(H,31,32)/b29-16-. The quantitative estimate of drug-likeness (QED) is 0.262. The van der Waals surface area contributed by atoms with Gasteiger partial charge in [-0.2, -0.15) is 5.10 Å². The van der Waals surface area contributed by atoms with E-state index in [1.54, 1.807) is 38.5 Å². The van der Waals surface area contributed by atoms with Gasteiger partial charge >= 0.3 is 0 Å². The number of ether oxygens (including phenoxy) is 5. The van der Waals surface area contributed by atoms with Gasteiger partial charge in [0.1, 0.15) is 0 Å². The summed E-state index contributed by atoms with van der Waals surface area (Å²) in [6, 6.07) is 18.1. The summed E-state index contributed by atoms with van der Waals surface area (Å²) in [6.45, 7) is 0. The first kappa shape index (κ1) is 25.3. The molecule has 0 radical (unpaired) electrons. The third-order valence-corrected chi connectivity index (χ3v) is 5.71. The van der Waals surface area contributed by atoms with Crippen molar-refractivity contribution >= 4 is 23.0 Å². The fourth-order valence-electron chi connectivity index (χ4n) is 3.91. The molecule has 1 aromatic heterocycles. The predicted octanol–water partition coefficient (Wildman–Crippen LogP) is 4.71. The first-order chi connectivity index (χ1) is 18.0. The zero-order valence-corrected chi connectivity index (χ0v) is 21.2. The van der Waals surface area contributed by atoms with Crippen LogP contribution in [0, 0.1) is 0 Å².